The first-order valence-corrected chi connectivity index (χ1v) is 34.3. The largest absolute Gasteiger partial charge is 0.462 e. The normalized spacial score (nSPS) is 12.1. The highest BCUT2D eigenvalue weighted by Crippen LogP contribution is 2.18. The first-order valence-electron chi connectivity index (χ1n) is 34.3. The van der Waals surface area contributed by atoms with Gasteiger partial charge in [0.05, 0.1) is 0 Å². The van der Waals surface area contributed by atoms with Crippen LogP contribution in [0.15, 0.2) is 24.3 Å². The van der Waals surface area contributed by atoms with Gasteiger partial charge in [0.25, 0.3) is 0 Å². The smallest absolute Gasteiger partial charge is 0.306 e. The molecule has 0 rings (SSSR count). The van der Waals surface area contributed by atoms with Crippen LogP contribution >= 0.6 is 0 Å². The Morgan fingerprint density at radius 1 is 0.250 bits per heavy atom. The fourth-order valence-corrected chi connectivity index (χ4v) is 10.5. The fourth-order valence-electron chi connectivity index (χ4n) is 10.5. The summed E-state index contributed by atoms with van der Waals surface area (Å²) < 4.78 is 16.9. The van der Waals surface area contributed by atoms with Crippen LogP contribution in [-0.2, 0) is 28.6 Å². The maximum atomic E-state index is 12.9. The van der Waals surface area contributed by atoms with Crippen molar-refractivity contribution in [1.29, 1.82) is 0 Å². The molecule has 0 spiro atoms. The van der Waals surface area contributed by atoms with Gasteiger partial charge in [-0.1, -0.05) is 321 Å². The molecule has 0 aromatic heterocycles. The molecule has 0 aliphatic carbocycles. The second-order valence-corrected chi connectivity index (χ2v) is 23.4. The summed E-state index contributed by atoms with van der Waals surface area (Å²) >= 11 is 0. The Labute approximate surface area is 474 Å². The zero-order valence-corrected chi connectivity index (χ0v) is 51.6. The van der Waals surface area contributed by atoms with Gasteiger partial charge >= 0.3 is 17.9 Å². The highest BCUT2D eigenvalue weighted by molar-refractivity contribution is 5.71. The van der Waals surface area contributed by atoms with Crippen molar-refractivity contribution in [3.63, 3.8) is 0 Å². The minimum Gasteiger partial charge on any atom is -0.462 e. The summed E-state index contributed by atoms with van der Waals surface area (Å²) in [6, 6.07) is 0. The van der Waals surface area contributed by atoms with E-state index in [9.17, 15) is 14.4 Å². The standard InChI is InChI=1S/C70H132O6/c1-4-7-10-13-16-19-22-25-27-28-29-30-31-32-33-34-35-36-37-38-39-40-41-42-43-46-48-51-54-57-60-63-69(72)75-66-67(65-74-68(71)62-59-56-53-50-47-44-24-21-18-15-12-9-6-3)76-70(73)64-61-58-55-52-49-45-26-23-20-17-14-11-8-5-2/h23,26,28-29,67H,4-22,24-25,27,30-66H2,1-3H3/b26-23-,29-28-. The number of rotatable bonds is 64. The Hall–Kier alpha value is -2.11. The topological polar surface area (TPSA) is 78.9 Å². The molecule has 0 fully saturated rings. The van der Waals surface area contributed by atoms with Crippen molar-refractivity contribution >= 4 is 17.9 Å². The molecule has 0 N–H and O–H groups in total. The summed E-state index contributed by atoms with van der Waals surface area (Å²) in [4.78, 5) is 38.3. The number of carbonyl (C=O) groups excluding carboxylic acids is 3. The van der Waals surface area contributed by atoms with Gasteiger partial charge in [0, 0.05) is 19.3 Å². The third-order valence-electron chi connectivity index (χ3n) is 15.7. The third kappa shape index (κ3) is 62.7. The Morgan fingerprint density at radius 2 is 0.434 bits per heavy atom. The predicted octanol–water partition coefficient (Wildman–Crippen LogP) is 23.4. The molecule has 6 heteroatoms. The van der Waals surface area contributed by atoms with Crippen LogP contribution in [0, 0.1) is 0 Å². The second-order valence-electron chi connectivity index (χ2n) is 23.4. The monoisotopic (exact) mass is 1070 g/mol. The lowest BCUT2D eigenvalue weighted by Crippen LogP contribution is -2.30. The fraction of sp³-hybridized carbons (Fsp3) is 0.900. The molecule has 1 atom stereocenters. The SMILES string of the molecule is CCCCCCC/C=C\CCCCCCCC(=O)OC(COC(=O)CCCCCCCCCCCCCCC)COC(=O)CCCCCCCCCCCCCCCCCCCCC/C=C\CCCCCCCCCC. The molecule has 0 aromatic carbocycles. The van der Waals surface area contributed by atoms with E-state index in [2.05, 4.69) is 45.1 Å². The molecule has 0 aliphatic rings. The van der Waals surface area contributed by atoms with E-state index in [4.69, 9.17) is 14.2 Å². The van der Waals surface area contributed by atoms with Crippen LogP contribution in [-0.4, -0.2) is 37.2 Å². The molecule has 448 valence electrons. The Kier molecular flexibility index (Phi) is 63.6. The van der Waals surface area contributed by atoms with Crippen LogP contribution in [0.5, 0.6) is 0 Å². The van der Waals surface area contributed by atoms with Crippen molar-refractivity contribution in [3.8, 4) is 0 Å². The summed E-state index contributed by atoms with van der Waals surface area (Å²) in [7, 11) is 0. The highest BCUT2D eigenvalue weighted by atomic mass is 16.6. The summed E-state index contributed by atoms with van der Waals surface area (Å²) in [5, 5.41) is 0. The zero-order valence-electron chi connectivity index (χ0n) is 51.6. The van der Waals surface area contributed by atoms with Gasteiger partial charge in [-0.2, -0.15) is 0 Å². The van der Waals surface area contributed by atoms with E-state index < -0.39 is 6.10 Å². The lowest BCUT2D eigenvalue weighted by molar-refractivity contribution is -0.167. The molecule has 0 radical (unpaired) electrons. The van der Waals surface area contributed by atoms with Crippen molar-refractivity contribution in [2.45, 2.75) is 393 Å². The van der Waals surface area contributed by atoms with Gasteiger partial charge in [-0.25, -0.2) is 0 Å². The minimum absolute atomic E-state index is 0.0685. The molecule has 0 bridgehead atoms. The molecule has 0 aromatic rings. The van der Waals surface area contributed by atoms with Crippen molar-refractivity contribution in [2.24, 2.45) is 0 Å². The molecule has 0 aliphatic heterocycles. The number of hydrogen-bond donors (Lipinski definition) is 0. The molecular formula is C70H132O6. The molecule has 0 amide bonds. The minimum atomic E-state index is -0.771. The average molecular weight is 1070 g/mol. The highest BCUT2D eigenvalue weighted by Gasteiger charge is 2.19. The second kappa shape index (κ2) is 65.4. The lowest BCUT2D eigenvalue weighted by Gasteiger charge is -2.18. The van der Waals surface area contributed by atoms with E-state index >= 15 is 0 Å². The first kappa shape index (κ1) is 73.9. The molecule has 0 saturated carbocycles. The quantitative estimate of drug-likeness (QED) is 0.0261. The van der Waals surface area contributed by atoms with Crippen LogP contribution in [0.25, 0.3) is 0 Å². The van der Waals surface area contributed by atoms with Gasteiger partial charge in [-0.3, -0.25) is 14.4 Å². The number of hydrogen-bond acceptors (Lipinski definition) is 6. The number of unbranched alkanes of at least 4 members (excludes halogenated alkanes) is 49. The van der Waals surface area contributed by atoms with Gasteiger partial charge in [0.15, 0.2) is 6.10 Å². The maximum Gasteiger partial charge on any atom is 0.306 e. The third-order valence-corrected chi connectivity index (χ3v) is 15.7. The molecule has 6 nitrogen and oxygen atoms in total. The van der Waals surface area contributed by atoms with E-state index in [0.29, 0.717) is 19.3 Å². The Bertz CT molecular complexity index is 1230. The van der Waals surface area contributed by atoms with Gasteiger partial charge in [-0.05, 0) is 70.6 Å². The Morgan fingerprint density at radius 3 is 0.658 bits per heavy atom. The molecule has 0 saturated heterocycles. The van der Waals surface area contributed by atoms with Gasteiger partial charge in [0.2, 0.25) is 0 Å². The number of carbonyl (C=O) groups is 3. The van der Waals surface area contributed by atoms with Crippen molar-refractivity contribution < 1.29 is 28.6 Å². The van der Waals surface area contributed by atoms with Crippen LogP contribution in [0.1, 0.15) is 387 Å². The van der Waals surface area contributed by atoms with Crippen LogP contribution in [0.2, 0.25) is 0 Å². The number of allylic oxidation sites excluding steroid dienone is 4. The van der Waals surface area contributed by atoms with Crippen molar-refractivity contribution in [1.82, 2.24) is 0 Å². The van der Waals surface area contributed by atoms with E-state index in [1.165, 1.54) is 283 Å². The first-order chi connectivity index (χ1) is 37.5. The summed E-state index contributed by atoms with van der Waals surface area (Å²) in [6.45, 7) is 6.69. The average Bonchev–Trinajstić information content (AvgIpc) is 3.42. The number of ether oxygens (including phenoxy) is 3. The number of esters is 3. The van der Waals surface area contributed by atoms with E-state index in [0.717, 1.165) is 64.2 Å². The predicted molar refractivity (Wildman–Crippen MR) is 330 cm³/mol. The van der Waals surface area contributed by atoms with Gasteiger partial charge in [-0.15, -0.1) is 0 Å². The molecular weight excluding hydrogens is 937 g/mol. The van der Waals surface area contributed by atoms with Crippen molar-refractivity contribution in [3.05, 3.63) is 24.3 Å². The van der Waals surface area contributed by atoms with Gasteiger partial charge < -0.3 is 14.2 Å². The van der Waals surface area contributed by atoms with Crippen LogP contribution < -0.4 is 0 Å². The summed E-state index contributed by atoms with van der Waals surface area (Å²) in [5.74, 6) is -0.850. The summed E-state index contributed by atoms with van der Waals surface area (Å²) in [5.41, 5.74) is 0. The van der Waals surface area contributed by atoms with E-state index in [1.807, 2.05) is 0 Å². The molecule has 0 heterocycles. The summed E-state index contributed by atoms with van der Waals surface area (Å²) in [6.07, 6.45) is 79.3. The van der Waals surface area contributed by atoms with Gasteiger partial charge in [0.1, 0.15) is 13.2 Å². The molecule has 76 heavy (non-hydrogen) atoms. The van der Waals surface area contributed by atoms with E-state index in [1.54, 1.807) is 0 Å². The van der Waals surface area contributed by atoms with Crippen molar-refractivity contribution in [2.75, 3.05) is 13.2 Å². The maximum absolute atomic E-state index is 12.9. The van der Waals surface area contributed by atoms with Crippen LogP contribution in [0.4, 0.5) is 0 Å². The Balaban J connectivity index is 4.09. The van der Waals surface area contributed by atoms with Crippen LogP contribution in [0.3, 0.4) is 0 Å². The molecule has 1 unspecified atom stereocenters. The lowest BCUT2D eigenvalue weighted by atomic mass is 10.0. The van der Waals surface area contributed by atoms with E-state index in [-0.39, 0.29) is 31.1 Å². The zero-order chi connectivity index (χ0) is 55.0.